The number of hydrogen-bond donors (Lipinski definition) is 0. The van der Waals surface area contributed by atoms with Gasteiger partial charge in [-0.15, -0.1) is 0 Å². The summed E-state index contributed by atoms with van der Waals surface area (Å²) in [7, 11) is 0. The highest BCUT2D eigenvalue weighted by molar-refractivity contribution is 5.30. The zero-order chi connectivity index (χ0) is 13.1. The van der Waals surface area contributed by atoms with Crippen molar-refractivity contribution >= 4 is 0 Å². The summed E-state index contributed by atoms with van der Waals surface area (Å²) in [5.41, 5.74) is 2.29. The van der Waals surface area contributed by atoms with Crippen LogP contribution in [-0.4, -0.2) is 0 Å². The van der Waals surface area contributed by atoms with Crippen LogP contribution in [0.5, 0.6) is 5.75 Å². The van der Waals surface area contributed by atoms with Crippen LogP contribution < -0.4 is 4.74 Å². The largest absolute Gasteiger partial charge is 0.489 e. The predicted octanol–water partition coefficient (Wildman–Crippen LogP) is 4.16. The van der Waals surface area contributed by atoms with E-state index in [1.54, 1.807) is 25.1 Å². The molecule has 2 aromatic rings. The molecule has 18 heavy (non-hydrogen) atoms. The van der Waals surface area contributed by atoms with Crippen LogP contribution in [0.3, 0.4) is 0 Å². The summed E-state index contributed by atoms with van der Waals surface area (Å²) in [6, 6.07) is 9.26. The Morgan fingerprint density at radius 2 is 1.72 bits per heavy atom. The van der Waals surface area contributed by atoms with E-state index in [4.69, 9.17) is 4.74 Å². The van der Waals surface area contributed by atoms with Gasteiger partial charge in [-0.25, -0.2) is 8.78 Å². The molecule has 2 aromatic carbocycles. The average Bonchev–Trinajstić information content (AvgIpc) is 2.32. The summed E-state index contributed by atoms with van der Waals surface area (Å²) >= 11 is 0. The van der Waals surface area contributed by atoms with E-state index in [-0.39, 0.29) is 11.6 Å². The Balaban J connectivity index is 2.09. The molecular formula is C15H14F2O. The third-order valence-electron chi connectivity index (χ3n) is 2.84. The van der Waals surface area contributed by atoms with Crippen molar-refractivity contribution in [2.75, 3.05) is 0 Å². The standard InChI is InChI=1S/C15H14F2O/c1-10-3-6-14(8-15(10)17)18-9-12-4-5-13(16)7-11(12)2/h3-8H,9H2,1-2H3. The van der Waals surface area contributed by atoms with E-state index in [9.17, 15) is 8.78 Å². The quantitative estimate of drug-likeness (QED) is 0.792. The van der Waals surface area contributed by atoms with Crippen LogP contribution in [0, 0.1) is 25.5 Å². The van der Waals surface area contributed by atoms with Crippen molar-refractivity contribution in [1.82, 2.24) is 0 Å². The molecule has 2 rings (SSSR count). The molecular weight excluding hydrogens is 234 g/mol. The molecule has 0 unspecified atom stereocenters. The maximum Gasteiger partial charge on any atom is 0.129 e. The molecule has 1 nitrogen and oxygen atoms in total. The first-order chi connectivity index (χ1) is 8.56. The summed E-state index contributed by atoms with van der Waals surface area (Å²) in [6.45, 7) is 3.81. The molecule has 0 saturated heterocycles. The smallest absolute Gasteiger partial charge is 0.129 e. The van der Waals surface area contributed by atoms with Crippen LogP contribution in [0.15, 0.2) is 36.4 Å². The molecule has 0 spiro atoms. The van der Waals surface area contributed by atoms with E-state index in [1.807, 2.05) is 6.92 Å². The Morgan fingerprint density at radius 3 is 2.39 bits per heavy atom. The van der Waals surface area contributed by atoms with Gasteiger partial charge in [0.05, 0.1) is 0 Å². The second kappa shape index (κ2) is 5.17. The van der Waals surface area contributed by atoms with E-state index in [0.717, 1.165) is 11.1 Å². The summed E-state index contributed by atoms with van der Waals surface area (Å²) < 4.78 is 31.7. The fourth-order valence-corrected chi connectivity index (χ4v) is 1.65. The molecule has 0 aromatic heterocycles. The van der Waals surface area contributed by atoms with E-state index in [0.29, 0.717) is 17.9 Å². The van der Waals surface area contributed by atoms with Gasteiger partial charge >= 0.3 is 0 Å². The van der Waals surface area contributed by atoms with Gasteiger partial charge in [0.15, 0.2) is 0 Å². The van der Waals surface area contributed by atoms with E-state index < -0.39 is 0 Å². The maximum atomic E-state index is 13.3. The minimum atomic E-state index is -0.289. The monoisotopic (exact) mass is 248 g/mol. The summed E-state index contributed by atoms with van der Waals surface area (Å²) in [5, 5.41) is 0. The van der Waals surface area contributed by atoms with E-state index in [1.165, 1.54) is 18.2 Å². The summed E-state index contributed by atoms with van der Waals surface area (Å²) in [5.74, 6) is -0.0808. The van der Waals surface area contributed by atoms with Gasteiger partial charge < -0.3 is 4.74 Å². The lowest BCUT2D eigenvalue weighted by Crippen LogP contribution is -1.99. The Labute approximate surface area is 105 Å². The first kappa shape index (κ1) is 12.6. The van der Waals surface area contributed by atoms with Gasteiger partial charge in [0.2, 0.25) is 0 Å². The molecule has 0 bridgehead atoms. The second-order valence-corrected chi connectivity index (χ2v) is 4.27. The van der Waals surface area contributed by atoms with Gasteiger partial charge in [0.25, 0.3) is 0 Å². The highest BCUT2D eigenvalue weighted by Gasteiger charge is 2.03. The number of halogens is 2. The Kier molecular flexibility index (Phi) is 3.60. The normalized spacial score (nSPS) is 10.4. The minimum Gasteiger partial charge on any atom is -0.489 e. The minimum absolute atomic E-state index is 0.266. The Morgan fingerprint density at radius 1 is 0.944 bits per heavy atom. The van der Waals surface area contributed by atoms with Gasteiger partial charge in [0.1, 0.15) is 24.0 Å². The van der Waals surface area contributed by atoms with Crippen LogP contribution in [0.2, 0.25) is 0 Å². The van der Waals surface area contributed by atoms with Crippen LogP contribution in [0.25, 0.3) is 0 Å². The molecule has 0 N–H and O–H groups in total. The number of hydrogen-bond acceptors (Lipinski definition) is 1. The third-order valence-corrected chi connectivity index (χ3v) is 2.84. The lowest BCUT2D eigenvalue weighted by Gasteiger charge is -2.09. The van der Waals surface area contributed by atoms with Gasteiger partial charge in [-0.2, -0.15) is 0 Å². The molecule has 0 amide bonds. The molecule has 0 radical (unpaired) electrons. The first-order valence-corrected chi connectivity index (χ1v) is 5.70. The zero-order valence-electron chi connectivity index (χ0n) is 10.3. The van der Waals surface area contributed by atoms with Crippen molar-refractivity contribution < 1.29 is 13.5 Å². The lowest BCUT2D eigenvalue weighted by molar-refractivity contribution is 0.303. The topological polar surface area (TPSA) is 9.23 Å². The van der Waals surface area contributed by atoms with Crippen LogP contribution in [-0.2, 0) is 6.61 Å². The molecule has 0 aliphatic carbocycles. The molecule has 0 aliphatic rings. The fraction of sp³-hybridized carbons (Fsp3) is 0.200. The SMILES string of the molecule is Cc1ccc(OCc2ccc(F)cc2C)cc1F. The van der Waals surface area contributed by atoms with Crippen molar-refractivity contribution in [3.63, 3.8) is 0 Å². The fourth-order valence-electron chi connectivity index (χ4n) is 1.65. The van der Waals surface area contributed by atoms with Crippen molar-refractivity contribution in [1.29, 1.82) is 0 Å². The number of aryl methyl sites for hydroxylation is 2. The third kappa shape index (κ3) is 2.86. The summed E-state index contributed by atoms with van der Waals surface area (Å²) in [4.78, 5) is 0. The van der Waals surface area contributed by atoms with Gasteiger partial charge in [0, 0.05) is 6.07 Å². The van der Waals surface area contributed by atoms with Crippen LogP contribution in [0.4, 0.5) is 8.78 Å². The molecule has 0 saturated carbocycles. The van der Waals surface area contributed by atoms with Crippen molar-refractivity contribution in [2.45, 2.75) is 20.5 Å². The van der Waals surface area contributed by atoms with Crippen molar-refractivity contribution in [3.05, 3.63) is 64.7 Å². The lowest BCUT2D eigenvalue weighted by atomic mass is 10.1. The number of benzene rings is 2. The molecule has 0 fully saturated rings. The van der Waals surface area contributed by atoms with E-state index >= 15 is 0 Å². The highest BCUT2D eigenvalue weighted by atomic mass is 19.1. The van der Waals surface area contributed by atoms with Crippen molar-refractivity contribution in [2.24, 2.45) is 0 Å². The molecule has 0 aliphatic heterocycles. The Hall–Kier alpha value is -1.90. The second-order valence-electron chi connectivity index (χ2n) is 4.27. The molecule has 0 atom stereocenters. The number of ether oxygens (including phenoxy) is 1. The van der Waals surface area contributed by atoms with Gasteiger partial charge in [-0.1, -0.05) is 12.1 Å². The Bertz CT molecular complexity index is 564. The molecule has 94 valence electrons. The summed E-state index contributed by atoms with van der Waals surface area (Å²) in [6.07, 6.45) is 0. The van der Waals surface area contributed by atoms with Gasteiger partial charge in [-0.05, 0) is 48.7 Å². The van der Waals surface area contributed by atoms with Crippen LogP contribution >= 0.6 is 0 Å². The van der Waals surface area contributed by atoms with Crippen LogP contribution in [0.1, 0.15) is 16.7 Å². The van der Waals surface area contributed by atoms with Gasteiger partial charge in [-0.3, -0.25) is 0 Å². The zero-order valence-corrected chi connectivity index (χ0v) is 10.3. The van der Waals surface area contributed by atoms with Crippen molar-refractivity contribution in [3.8, 4) is 5.75 Å². The average molecular weight is 248 g/mol. The number of rotatable bonds is 3. The van der Waals surface area contributed by atoms with E-state index in [2.05, 4.69) is 0 Å². The first-order valence-electron chi connectivity index (χ1n) is 5.70. The maximum absolute atomic E-state index is 13.3. The highest BCUT2D eigenvalue weighted by Crippen LogP contribution is 2.18. The molecule has 0 heterocycles. The molecule has 3 heteroatoms. The predicted molar refractivity (Wildman–Crippen MR) is 66.6 cm³/mol.